The van der Waals surface area contributed by atoms with Gasteiger partial charge in [0, 0.05) is 44.5 Å². The number of likely N-dealkylation sites (tertiary alicyclic amines) is 1. The van der Waals surface area contributed by atoms with Gasteiger partial charge < -0.3 is 19.1 Å². The monoisotopic (exact) mass is 397 g/mol. The molecule has 9 nitrogen and oxygen atoms in total. The fourth-order valence-electron chi connectivity index (χ4n) is 3.96. The summed E-state index contributed by atoms with van der Waals surface area (Å²) in [6.07, 6.45) is 6.48. The maximum atomic E-state index is 12.9. The molecule has 2 saturated heterocycles. The Hall–Kier alpha value is -3.20. The summed E-state index contributed by atoms with van der Waals surface area (Å²) in [6, 6.07) is 7.41. The summed E-state index contributed by atoms with van der Waals surface area (Å²) in [4.78, 5) is 44.5. The molecule has 4 rings (SSSR count). The molecule has 2 aliphatic heterocycles. The number of ether oxygens (including phenoxy) is 1. The normalized spacial score (nSPS) is 18.3. The first-order valence-electron chi connectivity index (χ1n) is 9.53. The van der Waals surface area contributed by atoms with Crippen LogP contribution in [0.15, 0.2) is 42.9 Å². The standard InChI is InChI=1S/C20H23N5O4/c1-29-18(27)14-25-17(26)13-22-20(25)6-10-24(11-7-20)19(28)15-4-5-16(21-12-15)23-8-2-3-9-23/h2-5,8-9,12,22H,6-7,10-11,13-14H2,1H3. The van der Waals surface area contributed by atoms with Crippen LogP contribution in [0.2, 0.25) is 0 Å². The Balaban J connectivity index is 1.42. The number of hydrogen-bond donors (Lipinski definition) is 1. The van der Waals surface area contributed by atoms with Gasteiger partial charge in [0.1, 0.15) is 12.4 Å². The predicted molar refractivity (Wildman–Crippen MR) is 103 cm³/mol. The van der Waals surface area contributed by atoms with E-state index in [0.717, 1.165) is 5.82 Å². The van der Waals surface area contributed by atoms with Crippen molar-refractivity contribution in [2.45, 2.75) is 18.5 Å². The van der Waals surface area contributed by atoms with Gasteiger partial charge >= 0.3 is 5.97 Å². The van der Waals surface area contributed by atoms with Crippen molar-refractivity contribution in [2.75, 3.05) is 33.3 Å². The Morgan fingerprint density at radius 2 is 1.93 bits per heavy atom. The third-order valence-electron chi connectivity index (χ3n) is 5.64. The van der Waals surface area contributed by atoms with E-state index in [1.807, 2.05) is 35.2 Å². The van der Waals surface area contributed by atoms with E-state index in [1.54, 1.807) is 22.1 Å². The average Bonchev–Trinajstić information content (AvgIpc) is 3.39. The van der Waals surface area contributed by atoms with E-state index in [-0.39, 0.29) is 24.9 Å². The number of carbonyl (C=O) groups excluding carboxylic acids is 3. The van der Waals surface area contributed by atoms with Crippen molar-refractivity contribution in [3.63, 3.8) is 0 Å². The van der Waals surface area contributed by atoms with E-state index in [1.165, 1.54) is 7.11 Å². The molecule has 2 aliphatic rings. The van der Waals surface area contributed by atoms with E-state index < -0.39 is 11.6 Å². The van der Waals surface area contributed by atoms with Crippen LogP contribution in [0.25, 0.3) is 5.82 Å². The highest BCUT2D eigenvalue weighted by molar-refractivity contribution is 5.94. The van der Waals surface area contributed by atoms with Crippen LogP contribution in [-0.4, -0.2) is 76.1 Å². The maximum Gasteiger partial charge on any atom is 0.325 e. The molecule has 29 heavy (non-hydrogen) atoms. The molecule has 2 amide bonds. The fourth-order valence-corrected chi connectivity index (χ4v) is 3.96. The quantitative estimate of drug-likeness (QED) is 0.751. The van der Waals surface area contributed by atoms with E-state index in [2.05, 4.69) is 10.3 Å². The number of aromatic nitrogens is 2. The van der Waals surface area contributed by atoms with E-state index >= 15 is 0 Å². The largest absolute Gasteiger partial charge is 0.468 e. The van der Waals surface area contributed by atoms with Gasteiger partial charge in [0.15, 0.2) is 0 Å². The summed E-state index contributed by atoms with van der Waals surface area (Å²) in [5.41, 5.74) is -0.0720. The molecular formula is C20H23N5O4. The molecule has 0 unspecified atom stereocenters. The predicted octanol–water partition coefficient (Wildman–Crippen LogP) is 0.409. The number of methoxy groups -OCH3 is 1. The van der Waals surface area contributed by atoms with Crippen molar-refractivity contribution in [3.8, 4) is 5.82 Å². The van der Waals surface area contributed by atoms with Crippen LogP contribution in [0.1, 0.15) is 23.2 Å². The Bertz CT molecular complexity index is 901. The first-order chi connectivity index (χ1) is 14.0. The average molecular weight is 397 g/mol. The molecular weight excluding hydrogens is 374 g/mol. The first kappa shape index (κ1) is 19.1. The molecule has 2 aromatic rings. The Labute approximate surface area is 168 Å². The lowest BCUT2D eigenvalue weighted by Crippen LogP contribution is -2.60. The number of esters is 1. The minimum absolute atomic E-state index is 0.0823. The maximum absolute atomic E-state index is 12.9. The molecule has 0 aromatic carbocycles. The summed E-state index contributed by atoms with van der Waals surface area (Å²) >= 11 is 0. The lowest BCUT2D eigenvalue weighted by Gasteiger charge is -2.44. The van der Waals surface area contributed by atoms with Crippen molar-refractivity contribution < 1.29 is 19.1 Å². The van der Waals surface area contributed by atoms with Gasteiger partial charge in [-0.05, 0) is 24.3 Å². The minimum atomic E-state index is -0.599. The molecule has 0 bridgehead atoms. The van der Waals surface area contributed by atoms with Gasteiger partial charge in [-0.15, -0.1) is 0 Å². The van der Waals surface area contributed by atoms with Crippen LogP contribution in [0, 0.1) is 0 Å². The second-order valence-electron chi connectivity index (χ2n) is 7.23. The smallest absolute Gasteiger partial charge is 0.325 e. The van der Waals surface area contributed by atoms with Crippen LogP contribution in [0.3, 0.4) is 0 Å². The molecule has 0 atom stereocenters. The molecule has 0 aliphatic carbocycles. The van der Waals surface area contributed by atoms with Gasteiger partial charge in [-0.1, -0.05) is 0 Å². The summed E-state index contributed by atoms with van der Waals surface area (Å²) in [6.45, 7) is 1.07. The van der Waals surface area contributed by atoms with Crippen LogP contribution >= 0.6 is 0 Å². The topological polar surface area (TPSA) is 96.8 Å². The lowest BCUT2D eigenvalue weighted by molar-refractivity contribution is -0.149. The van der Waals surface area contributed by atoms with E-state index in [4.69, 9.17) is 4.74 Å². The van der Waals surface area contributed by atoms with E-state index in [0.29, 0.717) is 31.5 Å². The van der Waals surface area contributed by atoms with Gasteiger partial charge in [-0.2, -0.15) is 0 Å². The number of hydrogen-bond acceptors (Lipinski definition) is 6. The SMILES string of the molecule is COC(=O)CN1C(=O)CNC12CCN(C(=O)c1ccc(-n3cccc3)nc1)CC2. The molecule has 2 aromatic heterocycles. The number of piperidine rings is 1. The second-order valence-corrected chi connectivity index (χ2v) is 7.23. The van der Waals surface area contributed by atoms with Gasteiger partial charge in [-0.25, -0.2) is 4.98 Å². The molecule has 0 saturated carbocycles. The van der Waals surface area contributed by atoms with Crippen molar-refractivity contribution in [1.82, 2.24) is 24.7 Å². The first-order valence-corrected chi connectivity index (χ1v) is 9.53. The van der Waals surface area contributed by atoms with Crippen molar-refractivity contribution in [1.29, 1.82) is 0 Å². The summed E-state index contributed by atoms with van der Waals surface area (Å²) in [5, 5.41) is 3.24. The minimum Gasteiger partial charge on any atom is -0.468 e. The molecule has 1 N–H and O–H groups in total. The molecule has 2 fully saturated rings. The number of rotatable bonds is 4. The van der Waals surface area contributed by atoms with Gasteiger partial charge in [-0.3, -0.25) is 19.7 Å². The fraction of sp³-hybridized carbons (Fsp3) is 0.400. The highest BCUT2D eigenvalue weighted by Crippen LogP contribution is 2.30. The highest BCUT2D eigenvalue weighted by atomic mass is 16.5. The highest BCUT2D eigenvalue weighted by Gasteiger charge is 2.48. The van der Waals surface area contributed by atoms with Crippen LogP contribution in [-0.2, 0) is 14.3 Å². The number of pyridine rings is 1. The summed E-state index contributed by atoms with van der Waals surface area (Å²) < 4.78 is 6.59. The van der Waals surface area contributed by atoms with Crippen molar-refractivity contribution in [3.05, 3.63) is 48.4 Å². The van der Waals surface area contributed by atoms with Gasteiger partial charge in [0.2, 0.25) is 5.91 Å². The van der Waals surface area contributed by atoms with Crippen molar-refractivity contribution in [2.24, 2.45) is 0 Å². The molecule has 9 heteroatoms. The van der Waals surface area contributed by atoms with Gasteiger partial charge in [0.05, 0.1) is 24.9 Å². The lowest BCUT2D eigenvalue weighted by atomic mass is 9.95. The third-order valence-corrected chi connectivity index (χ3v) is 5.64. The zero-order valence-electron chi connectivity index (χ0n) is 16.2. The molecule has 4 heterocycles. The van der Waals surface area contributed by atoms with Crippen LogP contribution in [0.4, 0.5) is 0 Å². The zero-order valence-corrected chi connectivity index (χ0v) is 16.2. The zero-order chi connectivity index (χ0) is 20.4. The number of nitrogens with one attached hydrogen (secondary N) is 1. The third kappa shape index (κ3) is 3.61. The molecule has 0 radical (unpaired) electrons. The number of carbonyl (C=O) groups is 3. The second kappa shape index (κ2) is 7.67. The molecule has 152 valence electrons. The Morgan fingerprint density at radius 3 is 2.55 bits per heavy atom. The van der Waals surface area contributed by atoms with Crippen LogP contribution < -0.4 is 5.32 Å². The Morgan fingerprint density at radius 1 is 1.21 bits per heavy atom. The molecule has 1 spiro atoms. The summed E-state index contributed by atoms with van der Waals surface area (Å²) in [7, 11) is 1.31. The van der Waals surface area contributed by atoms with Crippen LogP contribution in [0.5, 0.6) is 0 Å². The van der Waals surface area contributed by atoms with Gasteiger partial charge in [0.25, 0.3) is 5.91 Å². The number of amides is 2. The van der Waals surface area contributed by atoms with E-state index in [9.17, 15) is 14.4 Å². The number of nitrogens with zero attached hydrogens (tertiary/aromatic N) is 4. The summed E-state index contributed by atoms with van der Waals surface area (Å²) in [5.74, 6) is 0.0836. The van der Waals surface area contributed by atoms with Crippen molar-refractivity contribution >= 4 is 17.8 Å². The Kier molecular flexibility index (Phi) is 5.06.